The predicted molar refractivity (Wildman–Crippen MR) is 106 cm³/mol. The summed E-state index contributed by atoms with van der Waals surface area (Å²) >= 11 is 0. The van der Waals surface area contributed by atoms with E-state index in [9.17, 15) is 9.59 Å². The number of nitrogens with one attached hydrogen (secondary N) is 1. The lowest BCUT2D eigenvalue weighted by molar-refractivity contribution is -0.120. The van der Waals surface area contributed by atoms with Gasteiger partial charge in [0.2, 0.25) is 5.91 Å². The molecular formula is C22H26N2O3. The summed E-state index contributed by atoms with van der Waals surface area (Å²) < 4.78 is 5.36. The van der Waals surface area contributed by atoms with Crippen molar-refractivity contribution in [1.29, 1.82) is 0 Å². The lowest BCUT2D eigenvalue weighted by Gasteiger charge is -2.24. The molecule has 2 aromatic carbocycles. The number of carbonyl (C=O) groups is 2. The Hall–Kier alpha value is -2.82. The zero-order valence-corrected chi connectivity index (χ0v) is 16.1. The van der Waals surface area contributed by atoms with Crippen LogP contribution in [0.4, 0.5) is 5.69 Å². The quantitative estimate of drug-likeness (QED) is 0.874. The van der Waals surface area contributed by atoms with Gasteiger partial charge in [0.05, 0.1) is 18.1 Å². The zero-order chi connectivity index (χ0) is 19.4. The number of ether oxygens (including phenoxy) is 1. The summed E-state index contributed by atoms with van der Waals surface area (Å²) in [4.78, 5) is 27.5. The van der Waals surface area contributed by atoms with Gasteiger partial charge in [0.1, 0.15) is 5.75 Å². The van der Waals surface area contributed by atoms with Crippen molar-refractivity contribution in [3.05, 3.63) is 59.7 Å². The van der Waals surface area contributed by atoms with E-state index >= 15 is 0 Å². The molecule has 0 atom stereocenters. The van der Waals surface area contributed by atoms with Crippen molar-refractivity contribution >= 4 is 17.5 Å². The molecule has 1 aliphatic rings. The SMILES string of the molecule is COc1ccc(NC(=O)C(C)(C)c2ccccc2)cc1C(=O)N1CCCC1. The Morgan fingerprint density at radius 2 is 1.70 bits per heavy atom. The fourth-order valence-electron chi connectivity index (χ4n) is 3.32. The summed E-state index contributed by atoms with van der Waals surface area (Å²) in [6.45, 7) is 5.30. The average molecular weight is 366 g/mol. The van der Waals surface area contributed by atoms with Crippen LogP contribution >= 0.6 is 0 Å². The number of rotatable bonds is 5. The second-order valence-corrected chi connectivity index (χ2v) is 7.36. The third-order valence-electron chi connectivity index (χ3n) is 5.14. The van der Waals surface area contributed by atoms with Gasteiger partial charge in [-0.15, -0.1) is 0 Å². The second kappa shape index (κ2) is 7.82. The van der Waals surface area contributed by atoms with Crippen molar-refractivity contribution in [1.82, 2.24) is 4.90 Å². The van der Waals surface area contributed by atoms with Crippen molar-refractivity contribution in [3.8, 4) is 5.75 Å². The van der Waals surface area contributed by atoms with Gasteiger partial charge in [0, 0.05) is 18.8 Å². The molecule has 0 aromatic heterocycles. The molecule has 0 bridgehead atoms. The number of carbonyl (C=O) groups excluding carboxylic acids is 2. The van der Waals surface area contributed by atoms with E-state index in [1.807, 2.05) is 49.1 Å². The van der Waals surface area contributed by atoms with Gasteiger partial charge in [-0.05, 0) is 50.5 Å². The smallest absolute Gasteiger partial charge is 0.257 e. The van der Waals surface area contributed by atoms with Crippen LogP contribution in [-0.4, -0.2) is 36.9 Å². The van der Waals surface area contributed by atoms with E-state index in [-0.39, 0.29) is 11.8 Å². The highest BCUT2D eigenvalue weighted by atomic mass is 16.5. The van der Waals surface area contributed by atoms with Gasteiger partial charge in [-0.2, -0.15) is 0 Å². The number of hydrogen-bond acceptors (Lipinski definition) is 3. The summed E-state index contributed by atoms with van der Waals surface area (Å²) in [6.07, 6.45) is 2.05. The first-order valence-electron chi connectivity index (χ1n) is 9.28. The zero-order valence-electron chi connectivity index (χ0n) is 16.1. The van der Waals surface area contributed by atoms with E-state index in [4.69, 9.17) is 4.74 Å². The Morgan fingerprint density at radius 3 is 2.33 bits per heavy atom. The summed E-state index contributed by atoms with van der Waals surface area (Å²) in [5, 5.41) is 2.95. The Kier molecular flexibility index (Phi) is 5.49. The maximum Gasteiger partial charge on any atom is 0.257 e. The monoisotopic (exact) mass is 366 g/mol. The van der Waals surface area contributed by atoms with Crippen LogP contribution in [0.3, 0.4) is 0 Å². The van der Waals surface area contributed by atoms with Gasteiger partial charge in [-0.25, -0.2) is 0 Å². The van der Waals surface area contributed by atoms with Gasteiger partial charge < -0.3 is 15.0 Å². The van der Waals surface area contributed by atoms with E-state index in [1.54, 1.807) is 25.3 Å². The van der Waals surface area contributed by atoms with Crippen LogP contribution < -0.4 is 10.1 Å². The minimum atomic E-state index is -0.694. The maximum atomic E-state index is 12.9. The van der Waals surface area contributed by atoms with Crippen LogP contribution in [0.25, 0.3) is 0 Å². The molecule has 27 heavy (non-hydrogen) atoms. The van der Waals surface area contributed by atoms with Crippen molar-refractivity contribution in [2.24, 2.45) is 0 Å². The molecule has 1 saturated heterocycles. The van der Waals surface area contributed by atoms with Crippen molar-refractivity contribution in [2.75, 3.05) is 25.5 Å². The number of benzene rings is 2. The number of nitrogens with zero attached hydrogens (tertiary/aromatic N) is 1. The Balaban J connectivity index is 1.83. The highest BCUT2D eigenvalue weighted by Gasteiger charge is 2.30. The number of anilines is 1. The Labute approximate surface area is 160 Å². The number of methoxy groups -OCH3 is 1. The molecule has 0 unspecified atom stereocenters. The van der Waals surface area contributed by atoms with Gasteiger partial charge in [-0.1, -0.05) is 30.3 Å². The molecule has 3 rings (SSSR count). The molecule has 1 N–H and O–H groups in total. The normalized spacial score (nSPS) is 14.1. The van der Waals surface area contributed by atoms with Gasteiger partial charge in [0.25, 0.3) is 5.91 Å². The third-order valence-corrected chi connectivity index (χ3v) is 5.14. The van der Waals surface area contributed by atoms with Crippen LogP contribution in [0, 0.1) is 0 Å². The van der Waals surface area contributed by atoms with Crippen molar-refractivity contribution in [3.63, 3.8) is 0 Å². The first kappa shape index (κ1) is 19.0. The van der Waals surface area contributed by atoms with Gasteiger partial charge in [-0.3, -0.25) is 9.59 Å². The Bertz CT molecular complexity index is 825. The maximum absolute atomic E-state index is 12.9. The molecular weight excluding hydrogens is 340 g/mol. The van der Waals surface area contributed by atoms with Gasteiger partial charge >= 0.3 is 0 Å². The van der Waals surface area contributed by atoms with E-state index in [0.717, 1.165) is 31.5 Å². The number of likely N-dealkylation sites (tertiary alicyclic amines) is 1. The first-order valence-corrected chi connectivity index (χ1v) is 9.28. The molecule has 142 valence electrons. The summed E-state index contributed by atoms with van der Waals surface area (Å²) in [7, 11) is 1.55. The van der Waals surface area contributed by atoms with E-state index in [0.29, 0.717) is 17.0 Å². The highest BCUT2D eigenvalue weighted by molar-refractivity contribution is 6.02. The fourth-order valence-corrected chi connectivity index (χ4v) is 3.32. The van der Waals surface area contributed by atoms with Crippen LogP contribution in [0.5, 0.6) is 5.75 Å². The second-order valence-electron chi connectivity index (χ2n) is 7.36. The Morgan fingerprint density at radius 1 is 1.04 bits per heavy atom. The lowest BCUT2D eigenvalue weighted by atomic mass is 9.83. The number of hydrogen-bond donors (Lipinski definition) is 1. The molecule has 0 spiro atoms. The molecule has 1 fully saturated rings. The average Bonchev–Trinajstić information content (AvgIpc) is 3.22. The molecule has 0 saturated carbocycles. The lowest BCUT2D eigenvalue weighted by Crippen LogP contribution is -2.34. The third kappa shape index (κ3) is 3.97. The van der Waals surface area contributed by atoms with Crippen molar-refractivity contribution in [2.45, 2.75) is 32.1 Å². The standard InChI is InChI=1S/C22H26N2O3/c1-22(2,16-9-5-4-6-10-16)21(26)23-17-11-12-19(27-3)18(15-17)20(25)24-13-7-8-14-24/h4-6,9-12,15H,7-8,13-14H2,1-3H3,(H,23,26). The molecule has 0 radical (unpaired) electrons. The molecule has 1 heterocycles. The fraction of sp³-hybridized carbons (Fsp3) is 0.364. The highest BCUT2D eigenvalue weighted by Crippen LogP contribution is 2.28. The molecule has 0 aliphatic carbocycles. The van der Waals surface area contributed by atoms with Gasteiger partial charge in [0.15, 0.2) is 0 Å². The molecule has 1 aliphatic heterocycles. The van der Waals surface area contributed by atoms with Crippen LogP contribution in [0.1, 0.15) is 42.6 Å². The largest absolute Gasteiger partial charge is 0.496 e. The predicted octanol–water partition coefficient (Wildman–Crippen LogP) is 3.85. The van der Waals surface area contributed by atoms with Crippen LogP contribution in [0.2, 0.25) is 0 Å². The molecule has 2 amide bonds. The minimum absolute atomic E-state index is 0.0530. The van der Waals surface area contributed by atoms with E-state index in [2.05, 4.69) is 5.32 Å². The van der Waals surface area contributed by atoms with Crippen molar-refractivity contribution < 1.29 is 14.3 Å². The topological polar surface area (TPSA) is 58.6 Å². The number of amides is 2. The minimum Gasteiger partial charge on any atom is -0.496 e. The summed E-state index contributed by atoms with van der Waals surface area (Å²) in [5.74, 6) is 0.341. The first-order chi connectivity index (χ1) is 12.9. The summed E-state index contributed by atoms with van der Waals surface area (Å²) in [5.41, 5.74) is 1.31. The van der Waals surface area contributed by atoms with Crippen LogP contribution in [0.15, 0.2) is 48.5 Å². The molecule has 5 heteroatoms. The summed E-state index contributed by atoms with van der Waals surface area (Å²) in [6, 6.07) is 14.9. The van der Waals surface area contributed by atoms with Crippen LogP contribution in [-0.2, 0) is 10.2 Å². The van der Waals surface area contributed by atoms with E-state index in [1.165, 1.54) is 0 Å². The molecule has 5 nitrogen and oxygen atoms in total. The van der Waals surface area contributed by atoms with E-state index < -0.39 is 5.41 Å². The molecule has 2 aromatic rings.